The summed E-state index contributed by atoms with van der Waals surface area (Å²) >= 11 is 0. The van der Waals surface area contributed by atoms with Crippen molar-refractivity contribution in [3.05, 3.63) is 29.8 Å². The van der Waals surface area contributed by atoms with E-state index < -0.39 is 24.3 Å². The fraction of sp³-hybridized carbons (Fsp3) is 0.571. The van der Waals surface area contributed by atoms with Gasteiger partial charge in [0.15, 0.2) is 0 Å². The number of hydrogen-bond donors (Lipinski definition) is 0. The van der Waals surface area contributed by atoms with Gasteiger partial charge in [0, 0.05) is 12.7 Å². The molecule has 108 valence electrons. The Morgan fingerprint density at radius 1 is 1.11 bits per heavy atom. The van der Waals surface area contributed by atoms with E-state index in [2.05, 4.69) is 0 Å². The summed E-state index contributed by atoms with van der Waals surface area (Å²) in [6.07, 6.45) is -6.37. The number of hydrogen-bond acceptors (Lipinski definition) is 2. The number of alkyl halides is 3. The molecule has 0 radical (unpaired) electrons. The SMILES string of the molecule is COC(CC(F)(F)F)c1ccccc1OC(C)(C)C. The van der Waals surface area contributed by atoms with Crippen molar-refractivity contribution in [2.24, 2.45) is 0 Å². The van der Waals surface area contributed by atoms with Crippen LogP contribution >= 0.6 is 0 Å². The summed E-state index contributed by atoms with van der Waals surface area (Å²) in [6, 6.07) is 6.65. The molecule has 0 bridgehead atoms. The Labute approximate surface area is 111 Å². The maximum Gasteiger partial charge on any atom is 0.391 e. The lowest BCUT2D eigenvalue weighted by molar-refractivity contribution is -0.158. The quantitative estimate of drug-likeness (QED) is 0.806. The highest BCUT2D eigenvalue weighted by Crippen LogP contribution is 2.36. The van der Waals surface area contributed by atoms with Gasteiger partial charge in [0.2, 0.25) is 0 Å². The smallest absolute Gasteiger partial charge is 0.391 e. The third-order valence-electron chi connectivity index (χ3n) is 2.38. The molecule has 1 atom stereocenters. The second kappa shape index (κ2) is 5.82. The Bertz CT molecular complexity index is 408. The molecule has 0 heterocycles. The van der Waals surface area contributed by atoms with Gasteiger partial charge in [-0.2, -0.15) is 13.2 Å². The molecule has 19 heavy (non-hydrogen) atoms. The molecule has 1 aromatic carbocycles. The predicted octanol–water partition coefficient (Wildman–Crippen LogP) is 4.50. The minimum absolute atomic E-state index is 0.414. The van der Waals surface area contributed by atoms with Crippen molar-refractivity contribution < 1.29 is 22.6 Å². The molecule has 5 heteroatoms. The largest absolute Gasteiger partial charge is 0.488 e. The van der Waals surface area contributed by atoms with Crippen molar-refractivity contribution in [1.29, 1.82) is 0 Å². The maximum atomic E-state index is 12.5. The lowest BCUT2D eigenvalue weighted by Gasteiger charge is -2.26. The van der Waals surface area contributed by atoms with Gasteiger partial charge in [-0.3, -0.25) is 0 Å². The predicted molar refractivity (Wildman–Crippen MR) is 67.2 cm³/mol. The van der Waals surface area contributed by atoms with Gasteiger partial charge < -0.3 is 9.47 Å². The van der Waals surface area contributed by atoms with Gasteiger partial charge in [0.25, 0.3) is 0 Å². The number of benzene rings is 1. The number of para-hydroxylation sites is 1. The standard InChI is InChI=1S/C14H19F3O2/c1-13(2,3)19-11-8-6-5-7-10(11)12(18-4)9-14(15,16)17/h5-8,12H,9H2,1-4H3. The van der Waals surface area contributed by atoms with E-state index in [1.165, 1.54) is 7.11 Å². The van der Waals surface area contributed by atoms with Crippen LogP contribution in [0.15, 0.2) is 24.3 Å². The maximum absolute atomic E-state index is 12.5. The summed E-state index contributed by atoms with van der Waals surface area (Å²) < 4.78 is 48.2. The zero-order valence-electron chi connectivity index (χ0n) is 11.5. The Morgan fingerprint density at radius 3 is 2.16 bits per heavy atom. The van der Waals surface area contributed by atoms with E-state index in [1.807, 2.05) is 20.8 Å². The van der Waals surface area contributed by atoms with E-state index in [4.69, 9.17) is 9.47 Å². The minimum atomic E-state index is -4.28. The summed E-state index contributed by atoms with van der Waals surface area (Å²) in [5, 5.41) is 0. The van der Waals surface area contributed by atoms with Crippen LogP contribution in [0.3, 0.4) is 0 Å². The lowest BCUT2D eigenvalue weighted by Crippen LogP contribution is -2.24. The molecule has 1 aromatic rings. The number of rotatable bonds is 4. The zero-order valence-corrected chi connectivity index (χ0v) is 11.5. The average molecular weight is 276 g/mol. The minimum Gasteiger partial charge on any atom is -0.488 e. The molecule has 2 nitrogen and oxygen atoms in total. The summed E-state index contributed by atoms with van der Waals surface area (Å²) in [5.41, 5.74) is -0.0654. The first-order chi connectivity index (χ1) is 8.62. The Morgan fingerprint density at radius 2 is 1.68 bits per heavy atom. The molecule has 0 spiro atoms. The fourth-order valence-corrected chi connectivity index (χ4v) is 1.70. The van der Waals surface area contributed by atoms with Gasteiger partial charge in [-0.1, -0.05) is 18.2 Å². The molecule has 0 saturated heterocycles. The molecule has 0 aliphatic carbocycles. The van der Waals surface area contributed by atoms with Crippen LogP contribution < -0.4 is 4.74 Å². The Hall–Kier alpha value is -1.23. The third kappa shape index (κ3) is 5.51. The van der Waals surface area contributed by atoms with Crippen LogP contribution in [0.1, 0.15) is 38.9 Å². The summed E-state index contributed by atoms with van der Waals surface area (Å²) in [4.78, 5) is 0. The second-order valence-electron chi connectivity index (χ2n) is 5.30. The first kappa shape index (κ1) is 15.8. The molecule has 0 aromatic heterocycles. The highest BCUT2D eigenvalue weighted by atomic mass is 19.4. The highest BCUT2D eigenvalue weighted by Gasteiger charge is 2.34. The van der Waals surface area contributed by atoms with Crippen molar-refractivity contribution >= 4 is 0 Å². The van der Waals surface area contributed by atoms with Crippen LogP contribution in [0.4, 0.5) is 13.2 Å². The molecule has 1 unspecified atom stereocenters. The lowest BCUT2D eigenvalue weighted by atomic mass is 10.0. The van der Waals surface area contributed by atoms with E-state index in [9.17, 15) is 13.2 Å². The Kier molecular flexibility index (Phi) is 4.85. The number of halogens is 3. The molecule has 0 aliphatic rings. The molecule has 1 rings (SSSR count). The number of methoxy groups -OCH3 is 1. The van der Waals surface area contributed by atoms with E-state index in [1.54, 1.807) is 24.3 Å². The summed E-state index contributed by atoms with van der Waals surface area (Å²) in [5.74, 6) is 0.422. The normalized spacial score (nSPS) is 14.3. The van der Waals surface area contributed by atoms with Crippen molar-refractivity contribution in [2.75, 3.05) is 7.11 Å². The van der Waals surface area contributed by atoms with Gasteiger partial charge >= 0.3 is 6.18 Å². The molecular weight excluding hydrogens is 257 g/mol. The summed E-state index contributed by atoms with van der Waals surface area (Å²) in [6.45, 7) is 5.53. The molecule has 0 N–H and O–H groups in total. The van der Waals surface area contributed by atoms with Crippen molar-refractivity contribution in [3.63, 3.8) is 0 Å². The molecule has 0 fully saturated rings. The van der Waals surface area contributed by atoms with Gasteiger partial charge in [-0.15, -0.1) is 0 Å². The van der Waals surface area contributed by atoms with E-state index in [-0.39, 0.29) is 0 Å². The zero-order chi connectivity index (χ0) is 14.7. The van der Waals surface area contributed by atoms with Crippen molar-refractivity contribution in [2.45, 2.75) is 45.1 Å². The first-order valence-corrected chi connectivity index (χ1v) is 6.00. The van der Waals surface area contributed by atoms with E-state index in [0.717, 1.165) is 0 Å². The van der Waals surface area contributed by atoms with Gasteiger partial charge in [0.05, 0.1) is 12.5 Å². The van der Waals surface area contributed by atoms with Crippen LogP contribution in [-0.2, 0) is 4.74 Å². The molecular formula is C14H19F3O2. The fourth-order valence-electron chi connectivity index (χ4n) is 1.70. The Balaban J connectivity index is 3.03. The monoisotopic (exact) mass is 276 g/mol. The molecule has 0 amide bonds. The second-order valence-corrected chi connectivity index (χ2v) is 5.30. The van der Waals surface area contributed by atoms with Gasteiger partial charge in [0.1, 0.15) is 11.4 Å². The van der Waals surface area contributed by atoms with Crippen LogP contribution in [0.5, 0.6) is 5.75 Å². The van der Waals surface area contributed by atoms with Crippen molar-refractivity contribution in [3.8, 4) is 5.75 Å². The van der Waals surface area contributed by atoms with E-state index >= 15 is 0 Å². The van der Waals surface area contributed by atoms with Crippen LogP contribution in [0.25, 0.3) is 0 Å². The topological polar surface area (TPSA) is 18.5 Å². The third-order valence-corrected chi connectivity index (χ3v) is 2.38. The van der Waals surface area contributed by atoms with Crippen LogP contribution in [0.2, 0.25) is 0 Å². The average Bonchev–Trinajstić information content (AvgIpc) is 2.23. The number of ether oxygens (including phenoxy) is 2. The van der Waals surface area contributed by atoms with Gasteiger partial charge in [-0.25, -0.2) is 0 Å². The van der Waals surface area contributed by atoms with Crippen molar-refractivity contribution in [1.82, 2.24) is 0 Å². The van der Waals surface area contributed by atoms with Crippen LogP contribution in [-0.4, -0.2) is 18.9 Å². The first-order valence-electron chi connectivity index (χ1n) is 6.00. The van der Waals surface area contributed by atoms with Crippen LogP contribution in [0, 0.1) is 0 Å². The van der Waals surface area contributed by atoms with Gasteiger partial charge in [-0.05, 0) is 26.8 Å². The summed E-state index contributed by atoms with van der Waals surface area (Å²) in [7, 11) is 1.27. The molecule has 0 saturated carbocycles. The highest BCUT2D eigenvalue weighted by molar-refractivity contribution is 5.35. The van der Waals surface area contributed by atoms with E-state index in [0.29, 0.717) is 11.3 Å². The molecule has 0 aliphatic heterocycles.